The molecule has 1 aliphatic rings. The van der Waals surface area contributed by atoms with Crippen molar-refractivity contribution in [1.82, 2.24) is 4.98 Å². The minimum atomic E-state index is 0.394. The lowest BCUT2D eigenvalue weighted by atomic mass is 9.70. The van der Waals surface area contributed by atoms with Gasteiger partial charge in [0.15, 0.2) is 0 Å². The maximum atomic E-state index is 5.51. The summed E-state index contributed by atoms with van der Waals surface area (Å²) in [6.07, 6.45) is 5.69. The summed E-state index contributed by atoms with van der Waals surface area (Å²) >= 11 is 4.87. The van der Waals surface area contributed by atoms with E-state index >= 15 is 0 Å². The summed E-state index contributed by atoms with van der Waals surface area (Å²) in [6.45, 7) is 3.30. The van der Waals surface area contributed by atoms with Crippen LogP contribution in [0.3, 0.4) is 0 Å². The summed E-state index contributed by atoms with van der Waals surface area (Å²) in [7, 11) is 0. The second kappa shape index (κ2) is 4.37. The van der Waals surface area contributed by atoms with E-state index in [1.54, 1.807) is 6.20 Å². The van der Waals surface area contributed by atoms with E-state index in [0.29, 0.717) is 10.4 Å². The lowest BCUT2D eigenvalue weighted by Gasteiger charge is -2.38. The van der Waals surface area contributed by atoms with E-state index in [1.807, 2.05) is 12.1 Å². The molecule has 0 spiro atoms. The molecule has 2 rings (SSSR count). The van der Waals surface area contributed by atoms with Crippen LogP contribution in [0, 0.1) is 5.41 Å². The highest BCUT2D eigenvalue weighted by Gasteiger charge is 2.31. The summed E-state index contributed by atoms with van der Waals surface area (Å²) < 4.78 is 0. The summed E-state index contributed by atoms with van der Waals surface area (Å²) in [6, 6.07) is 3.83. The first-order valence-electron chi connectivity index (χ1n) is 5.59. The number of nitrogens with zero attached hydrogens (tertiary/aromatic N) is 1. The Hall–Kier alpha value is -1.16. The number of aromatic nitrogens is 1. The van der Waals surface area contributed by atoms with Gasteiger partial charge in [0.2, 0.25) is 0 Å². The van der Waals surface area contributed by atoms with Crippen LogP contribution in [-0.4, -0.2) is 16.5 Å². The molecule has 1 heterocycles. The molecule has 3 nitrogen and oxygen atoms in total. The highest BCUT2D eigenvalue weighted by Crippen LogP contribution is 2.39. The van der Waals surface area contributed by atoms with Gasteiger partial charge in [-0.25, -0.2) is 4.98 Å². The molecule has 3 N–H and O–H groups in total. The van der Waals surface area contributed by atoms with Gasteiger partial charge in [0.05, 0.1) is 0 Å². The molecule has 1 aromatic heterocycles. The van der Waals surface area contributed by atoms with Gasteiger partial charge in [-0.15, -0.1) is 0 Å². The average Bonchev–Trinajstić information content (AvgIpc) is 2.24. The van der Waals surface area contributed by atoms with Crippen LogP contribution in [0.25, 0.3) is 0 Å². The van der Waals surface area contributed by atoms with Crippen LogP contribution >= 0.6 is 12.2 Å². The molecule has 16 heavy (non-hydrogen) atoms. The Morgan fingerprint density at radius 3 is 2.75 bits per heavy atom. The van der Waals surface area contributed by atoms with Gasteiger partial charge in [0.1, 0.15) is 10.8 Å². The number of rotatable bonds is 4. The van der Waals surface area contributed by atoms with E-state index < -0.39 is 0 Å². The first-order chi connectivity index (χ1) is 7.59. The highest BCUT2D eigenvalue weighted by molar-refractivity contribution is 7.80. The van der Waals surface area contributed by atoms with Crippen molar-refractivity contribution in [2.75, 3.05) is 11.9 Å². The van der Waals surface area contributed by atoms with Gasteiger partial charge in [0, 0.05) is 18.3 Å². The van der Waals surface area contributed by atoms with Crippen LogP contribution in [0.4, 0.5) is 5.82 Å². The van der Waals surface area contributed by atoms with Crippen molar-refractivity contribution in [3.05, 3.63) is 23.9 Å². The second-order valence-electron chi connectivity index (χ2n) is 4.81. The van der Waals surface area contributed by atoms with E-state index in [-0.39, 0.29) is 0 Å². The van der Waals surface area contributed by atoms with Crippen molar-refractivity contribution in [2.45, 2.75) is 26.2 Å². The Labute approximate surface area is 101 Å². The van der Waals surface area contributed by atoms with E-state index in [1.165, 1.54) is 19.3 Å². The molecule has 0 aliphatic heterocycles. The van der Waals surface area contributed by atoms with Gasteiger partial charge in [-0.1, -0.05) is 25.6 Å². The van der Waals surface area contributed by atoms with E-state index in [4.69, 9.17) is 18.0 Å². The predicted molar refractivity (Wildman–Crippen MR) is 70.6 cm³/mol. The Morgan fingerprint density at radius 1 is 1.56 bits per heavy atom. The number of thiocarbonyl (C=S) groups is 1. The molecule has 0 radical (unpaired) electrons. The third kappa shape index (κ3) is 2.50. The minimum absolute atomic E-state index is 0.394. The molecular weight excluding hydrogens is 218 g/mol. The van der Waals surface area contributed by atoms with Crippen molar-refractivity contribution in [3.63, 3.8) is 0 Å². The Bertz CT molecular complexity index is 382. The van der Waals surface area contributed by atoms with Crippen molar-refractivity contribution in [2.24, 2.45) is 11.1 Å². The summed E-state index contributed by atoms with van der Waals surface area (Å²) in [4.78, 5) is 4.68. The number of hydrogen-bond donors (Lipinski definition) is 2. The molecule has 0 saturated heterocycles. The maximum absolute atomic E-state index is 5.51. The molecule has 86 valence electrons. The smallest absolute Gasteiger partial charge is 0.125 e. The van der Waals surface area contributed by atoms with Gasteiger partial charge in [-0.3, -0.25) is 0 Å². The predicted octanol–water partition coefficient (Wildman–Crippen LogP) is 2.32. The quantitative estimate of drug-likeness (QED) is 0.786. The van der Waals surface area contributed by atoms with Crippen LogP contribution in [0.5, 0.6) is 0 Å². The zero-order valence-corrected chi connectivity index (χ0v) is 10.3. The third-order valence-electron chi connectivity index (χ3n) is 3.30. The second-order valence-corrected chi connectivity index (χ2v) is 5.25. The minimum Gasteiger partial charge on any atom is -0.389 e. The molecular formula is C12H17N3S. The number of hydrogen-bond acceptors (Lipinski definition) is 3. The van der Waals surface area contributed by atoms with E-state index in [9.17, 15) is 0 Å². The Morgan fingerprint density at radius 2 is 2.31 bits per heavy atom. The van der Waals surface area contributed by atoms with Crippen molar-refractivity contribution >= 4 is 23.0 Å². The topological polar surface area (TPSA) is 50.9 Å². The van der Waals surface area contributed by atoms with Crippen LogP contribution in [-0.2, 0) is 0 Å². The molecule has 1 aliphatic carbocycles. The van der Waals surface area contributed by atoms with Crippen molar-refractivity contribution in [1.29, 1.82) is 0 Å². The van der Waals surface area contributed by atoms with Crippen LogP contribution in [0.15, 0.2) is 18.3 Å². The lowest BCUT2D eigenvalue weighted by Crippen LogP contribution is -2.33. The first-order valence-corrected chi connectivity index (χ1v) is 6.00. The summed E-state index contributed by atoms with van der Waals surface area (Å²) in [5, 5.41) is 3.36. The largest absolute Gasteiger partial charge is 0.389 e. The fourth-order valence-electron chi connectivity index (χ4n) is 1.91. The SMILES string of the molecule is CC1(CNc2ccc(C(N)=S)cn2)CCC1. The third-order valence-corrected chi connectivity index (χ3v) is 3.54. The number of nitrogens with two attached hydrogens (primary N) is 1. The van der Waals surface area contributed by atoms with Crippen molar-refractivity contribution < 1.29 is 0 Å². The molecule has 0 bridgehead atoms. The van der Waals surface area contributed by atoms with Gasteiger partial charge in [-0.05, 0) is 30.4 Å². The lowest BCUT2D eigenvalue weighted by molar-refractivity contribution is 0.180. The van der Waals surface area contributed by atoms with Crippen LogP contribution in [0.1, 0.15) is 31.7 Å². The average molecular weight is 235 g/mol. The summed E-state index contributed by atoms with van der Waals surface area (Å²) in [5.41, 5.74) is 6.79. The number of pyridine rings is 1. The Kier molecular flexibility index (Phi) is 3.10. The van der Waals surface area contributed by atoms with Crippen molar-refractivity contribution in [3.8, 4) is 0 Å². The normalized spacial score (nSPS) is 17.6. The molecule has 0 unspecified atom stereocenters. The Balaban J connectivity index is 1.92. The number of anilines is 1. The fourth-order valence-corrected chi connectivity index (χ4v) is 2.03. The molecule has 1 saturated carbocycles. The zero-order valence-electron chi connectivity index (χ0n) is 9.49. The van der Waals surface area contributed by atoms with E-state index in [0.717, 1.165) is 17.9 Å². The van der Waals surface area contributed by atoms with Crippen LogP contribution < -0.4 is 11.1 Å². The zero-order chi connectivity index (χ0) is 11.6. The van der Waals surface area contributed by atoms with Gasteiger partial charge in [-0.2, -0.15) is 0 Å². The first kappa shape index (κ1) is 11.3. The number of nitrogens with one attached hydrogen (secondary N) is 1. The molecule has 1 fully saturated rings. The molecule has 4 heteroatoms. The monoisotopic (exact) mass is 235 g/mol. The fraction of sp³-hybridized carbons (Fsp3) is 0.500. The van der Waals surface area contributed by atoms with Crippen LogP contribution in [0.2, 0.25) is 0 Å². The highest BCUT2D eigenvalue weighted by atomic mass is 32.1. The molecule has 0 amide bonds. The maximum Gasteiger partial charge on any atom is 0.125 e. The van der Waals surface area contributed by atoms with Gasteiger partial charge < -0.3 is 11.1 Å². The molecule has 0 aromatic carbocycles. The standard InChI is InChI=1S/C12H17N3S/c1-12(5-2-6-12)8-15-10-4-3-9(7-14-10)11(13)16/h3-4,7H,2,5-6,8H2,1H3,(H2,13,16)(H,14,15). The molecule has 1 aromatic rings. The van der Waals surface area contributed by atoms with Gasteiger partial charge in [0.25, 0.3) is 0 Å². The molecule has 0 atom stereocenters. The van der Waals surface area contributed by atoms with E-state index in [2.05, 4.69) is 17.2 Å². The van der Waals surface area contributed by atoms with Gasteiger partial charge >= 0.3 is 0 Å². The summed E-state index contributed by atoms with van der Waals surface area (Å²) in [5.74, 6) is 0.896.